The summed E-state index contributed by atoms with van der Waals surface area (Å²) < 4.78 is 12.2. The molecule has 2 spiro atoms. The Morgan fingerprint density at radius 3 is 1.48 bits per heavy atom. The summed E-state index contributed by atoms with van der Waals surface area (Å²) in [4.78, 5) is 4.87. The van der Waals surface area contributed by atoms with Crippen LogP contribution in [0.5, 0.6) is 23.0 Å². The van der Waals surface area contributed by atoms with Gasteiger partial charge in [-0.15, -0.1) is 24.8 Å². The molecule has 4 aliphatic heterocycles. The van der Waals surface area contributed by atoms with Gasteiger partial charge in [-0.05, 0) is 76.1 Å². The molecule has 8 nitrogen and oxygen atoms in total. The highest BCUT2D eigenvalue weighted by molar-refractivity contribution is 5.85. The molecule has 0 saturated carbocycles. The molecule has 0 radical (unpaired) electrons. The van der Waals surface area contributed by atoms with E-state index in [9.17, 15) is 20.4 Å². The number of aromatic hydroxyl groups is 2. The Morgan fingerprint density at radius 2 is 1.07 bits per heavy atom. The summed E-state index contributed by atoms with van der Waals surface area (Å²) in [5.74, 6) is 2.38. The number of hydrogen-bond acceptors (Lipinski definition) is 8. The van der Waals surface area contributed by atoms with E-state index in [1.807, 2.05) is 24.3 Å². The lowest BCUT2D eigenvalue weighted by Crippen LogP contribution is -2.64. The molecule has 0 unspecified atom stereocenters. The molecule has 2 saturated heterocycles. The van der Waals surface area contributed by atoms with Crippen LogP contribution in [0.25, 0.3) is 0 Å². The second-order valence-electron chi connectivity index (χ2n) is 13.9. The largest absolute Gasteiger partial charge is 0.504 e. The molecule has 2 fully saturated rings. The molecule has 2 aromatic rings. The van der Waals surface area contributed by atoms with E-state index in [1.165, 1.54) is 22.3 Å². The fraction of sp³-hybridized carbons (Fsp3) is 0.529. The zero-order valence-electron chi connectivity index (χ0n) is 24.8. The molecule has 44 heavy (non-hydrogen) atoms. The smallest absolute Gasteiger partial charge is 0.165 e. The summed E-state index contributed by atoms with van der Waals surface area (Å²) in [7, 11) is 4.38. The Balaban J connectivity index is 0.000000136. The highest BCUT2D eigenvalue weighted by Crippen LogP contribution is 2.63. The van der Waals surface area contributed by atoms with Crippen LogP contribution in [0, 0.1) is 11.8 Å². The molecule has 8 aliphatic rings. The number of hydrogen-bond donors (Lipinski definition) is 4. The molecule has 10 rings (SSSR count). The van der Waals surface area contributed by atoms with Crippen LogP contribution in [0.15, 0.2) is 48.6 Å². The molecule has 4 bridgehead atoms. The van der Waals surface area contributed by atoms with E-state index in [0.717, 1.165) is 38.8 Å². The average Bonchev–Trinajstić information content (AvgIpc) is 3.52. The molecule has 0 amide bonds. The zero-order chi connectivity index (χ0) is 28.7. The van der Waals surface area contributed by atoms with E-state index < -0.39 is 12.2 Å². The van der Waals surface area contributed by atoms with Gasteiger partial charge in [-0.1, -0.05) is 36.4 Å². The Labute approximate surface area is 269 Å². The van der Waals surface area contributed by atoms with E-state index in [4.69, 9.17) is 9.47 Å². The second-order valence-corrected chi connectivity index (χ2v) is 13.9. The highest BCUT2D eigenvalue weighted by atomic mass is 35.5. The number of rotatable bonds is 0. The van der Waals surface area contributed by atoms with Gasteiger partial charge < -0.3 is 39.7 Å². The van der Waals surface area contributed by atoms with Crippen LogP contribution in [0.2, 0.25) is 0 Å². The molecular formula is C34H40Cl2N2O6. The maximum atomic E-state index is 10.4. The van der Waals surface area contributed by atoms with Crippen LogP contribution < -0.4 is 9.47 Å². The predicted molar refractivity (Wildman–Crippen MR) is 170 cm³/mol. The van der Waals surface area contributed by atoms with E-state index >= 15 is 0 Å². The van der Waals surface area contributed by atoms with Crippen LogP contribution in [-0.2, 0) is 23.7 Å². The van der Waals surface area contributed by atoms with Crippen LogP contribution in [0.1, 0.15) is 35.1 Å². The van der Waals surface area contributed by atoms with Gasteiger partial charge in [0.15, 0.2) is 23.0 Å². The van der Waals surface area contributed by atoms with Crippen molar-refractivity contribution in [3.8, 4) is 23.0 Å². The summed E-state index contributed by atoms with van der Waals surface area (Å²) >= 11 is 0. The summed E-state index contributed by atoms with van der Waals surface area (Å²) in [6.07, 6.45) is 10.4. The van der Waals surface area contributed by atoms with E-state index in [2.05, 4.69) is 36.0 Å². The number of nitrogens with zero attached hydrogens (tertiary/aromatic N) is 2. The fourth-order valence-electron chi connectivity index (χ4n) is 10.5. The Bertz CT molecular complexity index is 1470. The molecule has 4 aliphatic carbocycles. The highest BCUT2D eigenvalue weighted by Gasteiger charge is 2.65. The number of aliphatic hydroxyl groups excluding tert-OH is 2. The van der Waals surface area contributed by atoms with E-state index in [-0.39, 0.29) is 59.4 Å². The van der Waals surface area contributed by atoms with Crippen LogP contribution >= 0.6 is 24.8 Å². The lowest BCUT2D eigenvalue weighted by atomic mass is 9.53. The first-order valence-corrected chi connectivity index (χ1v) is 15.4. The number of halogens is 2. The molecule has 10 heteroatoms. The molecule has 236 valence electrons. The first kappa shape index (κ1) is 30.2. The van der Waals surface area contributed by atoms with Gasteiger partial charge >= 0.3 is 0 Å². The summed E-state index contributed by atoms with van der Waals surface area (Å²) in [5, 5.41) is 41.3. The number of phenolic OH excluding ortho intramolecular Hbond substituents is 2. The third-order valence-electron chi connectivity index (χ3n) is 12.3. The first-order chi connectivity index (χ1) is 20.3. The van der Waals surface area contributed by atoms with Crippen LogP contribution in [0.3, 0.4) is 0 Å². The maximum absolute atomic E-state index is 10.4. The molecule has 4 heterocycles. The second kappa shape index (κ2) is 10.0. The van der Waals surface area contributed by atoms with Gasteiger partial charge in [0.05, 0.1) is 0 Å². The van der Waals surface area contributed by atoms with Crippen molar-refractivity contribution in [1.29, 1.82) is 0 Å². The van der Waals surface area contributed by atoms with E-state index in [1.54, 1.807) is 12.1 Å². The Hall–Kier alpha value is -2.46. The number of ether oxygens (including phenoxy) is 2. The van der Waals surface area contributed by atoms with E-state index in [0.29, 0.717) is 35.4 Å². The van der Waals surface area contributed by atoms with Crippen molar-refractivity contribution in [2.75, 3.05) is 27.2 Å². The minimum Gasteiger partial charge on any atom is -0.504 e. The van der Waals surface area contributed by atoms with Crippen molar-refractivity contribution in [2.45, 2.75) is 73.0 Å². The molecule has 4 N–H and O–H groups in total. The maximum Gasteiger partial charge on any atom is 0.165 e. The number of benzene rings is 2. The van der Waals surface area contributed by atoms with Gasteiger partial charge in [-0.2, -0.15) is 0 Å². The average molecular weight is 644 g/mol. The van der Waals surface area contributed by atoms with Crippen molar-refractivity contribution in [2.24, 2.45) is 11.8 Å². The first-order valence-electron chi connectivity index (χ1n) is 15.4. The van der Waals surface area contributed by atoms with Crippen LogP contribution in [-0.4, -0.2) is 93.9 Å². The van der Waals surface area contributed by atoms with Crippen molar-refractivity contribution in [1.82, 2.24) is 9.80 Å². The normalized spacial score (nSPS) is 40.6. The number of phenols is 2. The quantitative estimate of drug-likeness (QED) is 0.325. The zero-order valence-corrected chi connectivity index (χ0v) is 26.4. The van der Waals surface area contributed by atoms with Gasteiger partial charge in [0.2, 0.25) is 0 Å². The predicted octanol–water partition coefficient (Wildman–Crippen LogP) is 3.24. The number of likely N-dealkylation sites (tertiary alicyclic amines) is 2. The summed E-state index contributed by atoms with van der Waals surface area (Å²) in [5.41, 5.74) is 4.58. The van der Waals surface area contributed by atoms with Crippen molar-refractivity contribution in [3.63, 3.8) is 0 Å². The third-order valence-corrected chi connectivity index (χ3v) is 12.3. The SMILES string of the molecule is CN1CC[C@]23c4c5ccc(O)c4O[C@H]2[C@@H](O)C=C[C@H]3[C@H]1C5.CN1CC[C@]23c4c5ccc(O)c4O[C@H]2[C@@H](O)C=C[C@H]3[C@H]1C5.Cl.Cl. The monoisotopic (exact) mass is 642 g/mol. The lowest BCUT2D eigenvalue weighted by molar-refractivity contribution is -0.0453. The molecule has 10 atom stereocenters. The third kappa shape index (κ3) is 3.50. The topological polar surface area (TPSA) is 106 Å². The van der Waals surface area contributed by atoms with Gasteiger partial charge in [0, 0.05) is 45.9 Å². The van der Waals surface area contributed by atoms with Gasteiger partial charge in [0.1, 0.15) is 24.4 Å². The standard InChI is InChI=1S/2C17H19NO3.2ClH/c2*1-18-7-6-17-10-3-5-13(20)16(17)21-15-12(19)4-2-9(14(15)17)8-11(10)18;;/h2*2-5,10-11,13,16,19-20H,6-8H2,1H3;2*1H/t2*10-,11+,13-,16-,17-;;/m00../s1. The summed E-state index contributed by atoms with van der Waals surface area (Å²) in [6, 6.07) is 8.45. The molecule has 0 aromatic heterocycles. The van der Waals surface area contributed by atoms with Gasteiger partial charge in [-0.25, -0.2) is 0 Å². The Kier molecular flexibility index (Phi) is 6.88. The lowest BCUT2D eigenvalue weighted by Gasteiger charge is -2.56. The van der Waals surface area contributed by atoms with Crippen LogP contribution in [0.4, 0.5) is 0 Å². The van der Waals surface area contributed by atoms with Crippen molar-refractivity contribution < 1.29 is 29.9 Å². The van der Waals surface area contributed by atoms with Crippen molar-refractivity contribution in [3.05, 3.63) is 70.8 Å². The fourth-order valence-corrected chi connectivity index (χ4v) is 10.5. The summed E-state index contributed by atoms with van der Waals surface area (Å²) in [6.45, 7) is 2.02. The Morgan fingerprint density at radius 1 is 0.659 bits per heavy atom. The minimum absolute atomic E-state index is 0. The van der Waals surface area contributed by atoms with Gasteiger partial charge in [-0.3, -0.25) is 0 Å². The number of piperidine rings is 2. The number of aliphatic hydroxyl groups is 2. The molecule has 2 aromatic carbocycles. The minimum atomic E-state index is -0.594. The number of likely N-dealkylation sites (N-methyl/N-ethyl adjacent to an activating group) is 2. The van der Waals surface area contributed by atoms with Crippen molar-refractivity contribution >= 4 is 24.8 Å². The van der Waals surface area contributed by atoms with Gasteiger partial charge in [0.25, 0.3) is 0 Å². The molecular weight excluding hydrogens is 603 g/mol.